The first kappa shape index (κ1) is 22.2. The summed E-state index contributed by atoms with van der Waals surface area (Å²) in [4.78, 5) is 15.3. The van der Waals surface area contributed by atoms with E-state index in [1.54, 1.807) is 30.7 Å². The van der Waals surface area contributed by atoms with E-state index >= 15 is 0 Å². The van der Waals surface area contributed by atoms with E-state index in [0.717, 1.165) is 62.4 Å². The van der Waals surface area contributed by atoms with Crippen molar-refractivity contribution in [2.75, 3.05) is 26.7 Å². The molecule has 1 aliphatic heterocycles. The van der Waals surface area contributed by atoms with Gasteiger partial charge >= 0.3 is 0 Å². The summed E-state index contributed by atoms with van der Waals surface area (Å²) in [5.74, 6) is 1.02. The number of hydrogen-bond donors (Lipinski definition) is 2. The largest absolute Gasteiger partial charge is 0.508 e. The number of aromatic hydroxyl groups is 1. The van der Waals surface area contributed by atoms with Gasteiger partial charge in [0.2, 0.25) is 5.91 Å². The fourth-order valence-corrected chi connectivity index (χ4v) is 6.13. The molecule has 2 heterocycles. The van der Waals surface area contributed by atoms with E-state index < -0.39 is 0 Å². The summed E-state index contributed by atoms with van der Waals surface area (Å²) in [6.45, 7) is 3.06. The zero-order valence-corrected chi connectivity index (χ0v) is 19.3. The standard InChI is InChI=1S/C27H34N2O4/c1-32-27-11-9-23(28-25(31)8-7-21-10-14-33-18-21)16-26(27,22-3-2-4-24(30)15-22)12-13-29(19-27)17-20-5-6-20/h2-4,7-8,10,14-15,18,20,23,30H,5-6,9,11-13,16-17,19H2,1H3,(H,28,31)/b8-7+/t23-,26-,27-/m0/s1. The van der Waals surface area contributed by atoms with Crippen LogP contribution in [0.25, 0.3) is 6.08 Å². The van der Waals surface area contributed by atoms with Crippen molar-refractivity contribution >= 4 is 12.0 Å². The maximum Gasteiger partial charge on any atom is 0.244 e. The first-order valence-corrected chi connectivity index (χ1v) is 12.1. The monoisotopic (exact) mass is 450 g/mol. The first-order valence-electron chi connectivity index (χ1n) is 12.1. The number of phenolic OH excluding ortho intramolecular Hbond substituents is 1. The molecule has 0 bridgehead atoms. The summed E-state index contributed by atoms with van der Waals surface area (Å²) in [5, 5.41) is 13.5. The van der Waals surface area contributed by atoms with E-state index in [2.05, 4.69) is 16.3 Å². The number of carbonyl (C=O) groups excluding carboxylic acids is 1. The van der Waals surface area contributed by atoms with Crippen LogP contribution in [0.2, 0.25) is 0 Å². The van der Waals surface area contributed by atoms with Crippen LogP contribution in [0.3, 0.4) is 0 Å². The Hall–Kier alpha value is -2.57. The summed E-state index contributed by atoms with van der Waals surface area (Å²) in [6.07, 6.45) is 12.7. The lowest BCUT2D eigenvalue weighted by atomic mass is 9.55. The summed E-state index contributed by atoms with van der Waals surface area (Å²) in [7, 11) is 1.84. The van der Waals surface area contributed by atoms with Gasteiger partial charge in [0.15, 0.2) is 0 Å². The number of phenols is 1. The Morgan fingerprint density at radius 3 is 2.91 bits per heavy atom. The zero-order valence-electron chi connectivity index (χ0n) is 19.3. The van der Waals surface area contributed by atoms with Crippen molar-refractivity contribution in [3.05, 3.63) is 60.1 Å². The molecule has 2 aliphatic carbocycles. The van der Waals surface area contributed by atoms with E-state index in [9.17, 15) is 9.90 Å². The molecule has 0 radical (unpaired) electrons. The second kappa shape index (κ2) is 8.99. The number of nitrogens with zero attached hydrogens (tertiary/aromatic N) is 1. The number of furan rings is 1. The normalized spacial score (nSPS) is 30.3. The van der Waals surface area contributed by atoms with Gasteiger partial charge < -0.3 is 24.5 Å². The molecule has 1 saturated heterocycles. The van der Waals surface area contributed by atoms with Gasteiger partial charge in [-0.15, -0.1) is 0 Å². The lowest BCUT2D eigenvalue weighted by Gasteiger charge is -2.60. The predicted molar refractivity (Wildman–Crippen MR) is 127 cm³/mol. The second-order valence-electron chi connectivity index (χ2n) is 10.1. The predicted octanol–water partition coefficient (Wildman–Crippen LogP) is 4.11. The molecular weight excluding hydrogens is 416 g/mol. The number of piperidine rings is 1. The van der Waals surface area contributed by atoms with Crippen LogP contribution in [0.4, 0.5) is 0 Å². The molecule has 33 heavy (non-hydrogen) atoms. The summed E-state index contributed by atoms with van der Waals surface area (Å²) in [5.41, 5.74) is 1.39. The van der Waals surface area contributed by atoms with Gasteiger partial charge in [-0.05, 0) is 80.8 Å². The molecule has 6 heteroatoms. The molecule has 3 fully saturated rings. The lowest BCUT2D eigenvalue weighted by molar-refractivity contribution is -0.150. The number of ether oxygens (including phenoxy) is 1. The van der Waals surface area contributed by atoms with E-state index in [1.165, 1.54) is 12.8 Å². The van der Waals surface area contributed by atoms with Crippen molar-refractivity contribution < 1.29 is 19.1 Å². The number of hydrogen-bond acceptors (Lipinski definition) is 5. The molecule has 3 aliphatic rings. The maximum atomic E-state index is 12.7. The topological polar surface area (TPSA) is 74.9 Å². The molecule has 1 amide bonds. The van der Waals surface area contributed by atoms with Crippen molar-refractivity contribution in [1.82, 2.24) is 10.2 Å². The third kappa shape index (κ3) is 4.46. The fourth-order valence-electron chi connectivity index (χ4n) is 6.13. The average Bonchev–Trinajstić information content (AvgIpc) is 3.47. The van der Waals surface area contributed by atoms with Gasteiger partial charge in [-0.3, -0.25) is 4.79 Å². The highest BCUT2D eigenvalue weighted by molar-refractivity contribution is 5.91. The van der Waals surface area contributed by atoms with Crippen LogP contribution >= 0.6 is 0 Å². The van der Waals surface area contributed by atoms with Crippen molar-refractivity contribution in [3.63, 3.8) is 0 Å². The molecule has 176 valence electrons. The quantitative estimate of drug-likeness (QED) is 0.621. The number of carbonyl (C=O) groups is 1. The molecule has 2 aromatic rings. The van der Waals surface area contributed by atoms with Crippen LogP contribution in [0.5, 0.6) is 5.75 Å². The minimum Gasteiger partial charge on any atom is -0.508 e. The van der Waals surface area contributed by atoms with Crippen LogP contribution in [0.15, 0.2) is 53.4 Å². The Bertz CT molecular complexity index is 999. The SMILES string of the molecule is CO[C@]12CC[C@H](NC(=O)/C=C/c3ccoc3)C[C@]1(c1cccc(O)c1)CCN(CC1CC1)C2. The Labute approximate surface area is 195 Å². The number of fused-ring (bicyclic) bond motifs is 1. The molecule has 6 nitrogen and oxygen atoms in total. The Morgan fingerprint density at radius 2 is 2.18 bits per heavy atom. The van der Waals surface area contributed by atoms with Gasteiger partial charge in [0.05, 0.1) is 18.1 Å². The molecule has 5 rings (SSSR count). The zero-order chi connectivity index (χ0) is 22.9. The van der Waals surface area contributed by atoms with Crippen LogP contribution in [-0.2, 0) is 14.9 Å². The molecular formula is C27H34N2O4. The number of methoxy groups -OCH3 is 1. The van der Waals surface area contributed by atoms with Gasteiger partial charge in [-0.1, -0.05) is 12.1 Å². The molecule has 3 atom stereocenters. The van der Waals surface area contributed by atoms with Crippen LogP contribution < -0.4 is 5.32 Å². The van der Waals surface area contributed by atoms with E-state index in [4.69, 9.17) is 9.15 Å². The highest BCUT2D eigenvalue weighted by atomic mass is 16.5. The fraction of sp³-hybridized carbons (Fsp3) is 0.519. The van der Waals surface area contributed by atoms with Gasteiger partial charge in [-0.25, -0.2) is 0 Å². The van der Waals surface area contributed by atoms with Crippen molar-refractivity contribution in [1.29, 1.82) is 0 Å². The molecule has 1 aromatic carbocycles. The van der Waals surface area contributed by atoms with E-state index in [-0.39, 0.29) is 28.7 Å². The van der Waals surface area contributed by atoms with Crippen molar-refractivity contribution in [2.24, 2.45) is 5.92 Å². The summed E-state index contributed by atoms with van der Waals surface area (Å²) in [6, 6.07) is 9.53. The Kier molecular flexibility index (Phi) is 6.06. The first-order chi connectivity index (χ1) is 16.0. The van der Waals surface area contributed by atoms with Crippen LogP contribution in [0.1, 0.15) is 49.7 Å². The minimum atomic E-state index is -0.332. The average molecular weight is 451 g/mol. The summed E-state index contributed by atoms with van der Waals surface area (Å²) >= 11 is 0. The molecule has 2 N–H and O–H groups in total. The number of nitrogens with one attached hydrogen (secondary N) is 1. The van der Waals surface area contributed by atoms with E-state index in [0.29, 0.717) is 0 Å². The number of rotatable bonds is 7. The van der Waals surface area contributed by atoms with Crippen LogP contribution in [0, 0.1) is 5.92 Å². The third-order valence-electron chi connectivity index (χ3n) is 8.02. The Balaban J connectivity index is 1.39. The lowest BCUT2D eigenvalue weighted by Crippen LogP contribution is -2.68. The number of amides is 1. The van der Waals surface area contributed by atoms with Gasteiger partial charge in [0.1, 0.15) is 5.75 Å². The van der Waals surface area contributed by atoms with Gasteiger partial charge in [-0.2, -0.15) is 0 Å². The highest BCUT2D eigenvalue weighted by Gasteiger charge is 2.59. The van der Waals surface area contributed by atoms with Crippen LogP contribution in [-0.4, -0.2) is 54.3 Å². The third-order valence-corrected chi connectivity index (χ3v) is 8.02. The summed E-state index contributed by atoms with van der Waals surface area (Å²) < 4.78 is 11.5. The number of likely N-dealkylation sites (tertiary alicyclic amines) is 1. The molecule has 0 spiro atoms. The minimum absolute atomic E-state index is 0.0482. The Morgan fingerprint density at radius 1 is 1.30 bits per heavy atom. The highest BCUT2D eigenvalue weighted by Crippen LogP contribution is 2.54. The van der Waals surface area contributed by atoms with Crippen molar-refractivity contribution in [3.8, 4) is 5.75 Å². The number of benzene rings is 1. The van der Waals surface area contributed by atoms with E-state index in [1.807, 2.05) is 25.3 Å². The van der Waals surface area contributed by atoms with Gasteiger partial charge in [0, 0.05) is 43.3 Å². The van der Waals surface area contributed by atoms with Gasteiger partial charge in [0.25, 0.3) is 0 Å². The smallest absolute Gasteiger partial charge is 0.244 e. The second-order valence-corrected chi connectivity index (χ2v) is 10.1. The molecule has 0 unspecified atom stereocenters. The molecule has 2 saturated carbocycles. The maximum absolute atomic E-state index is 12.7. The molecule has 1 aromatic heterocycles. The van der Waals surface area contributed by atoms with Crippen molar-refractivity contribution in [2.45, 2.75) is 55.6 Å².